The number of benzene rings is 2. The molecule has 0 fully saturated rings. The van der Waals surface area contributed by atoms with Crippen LogP contribution < -0.4 is 10.1 Å². The van der Waals surface area contributed by atoms with Gasteiger partial charge in [0.05, 0.1) is 12.9 Å². The van der Waals surface area contributed by atoms with Gasteiger partial charge in [-0.2, -0.15) is 0 Å². The molecule has 162 valence electrons. The predicted octanol–water partition coefficient (Wildman–Crippen LogP) is 4.18. The molecule has 5 nitrogen and oxygen atoms in total. The lowest BCUT2D eigenvalue weighted by Gasteiger charge is -2.28. The van der Waals surface area contributed by atoms with Crippen LogP contribution in [-0.2, 0) is 21.9 Å². The van der Waals surface area contributed by atoms with Gasteiger partial charge in [-0.15, -0.1) is 11.8 Å². The van der Waals surface area contributed by atoms with E-state index in [1.807, 2.05) is 37.3 Å². The van der Waals surface area contributed by atoms with Crippen molar-refractivity contribution in [2.75, 3.05) is 19.4 Å². The van der Waals surface area contributed by atoms with Crippen LogP contribution in [0.4, 0.5) is 0 Å². The quantitative estimate of drug-likeness (QED) is 0.583. The lowest BCUT2D eigenvalue weighted by molar-refractivity contribution is -0.138. The standard InChI is InChI=1S/C24H32N2O3S/c1-5-13-25-24(28)19(3)26(15-20-9-11-22(29-4)12-10-20)23(27)17-30-16-21-8-6-7-18(2)14-21/h6-12,14,19H,5,13,15-17H2,1-4H3,(H,25,28)/t19-/m1/s1. The second-order valence-corrected chi connectivity index (χ2v) is 8.30. The molecule has 0 radical (unpaired) electrons. The molecule has 1 atom stereocenters. The minimum absolute atomic E-state index is 0.0392. The average Bonchev–Trinajstić information content (AvgIpc) is 2.75. The number of thioether (sulfide) groups is 1. The molecular weight excluding hydrogens is 396 g/mol. The Balaban J connectivity index is 2.05. The number of aryl methyl sites for hydroxylation is 1. The minimum Gasteiger partial charge on any atom is -0.497 e. The van der Waals surface area contributed by atoms with E-state index < -0.39 is 6.04 Å². The lowest BCUT2D eigenvalue weighted by Crippen LogP contribution is -2.48. The van der Waals surface area contributed by atoms with Crippen LogP contribution >= 0.6 is 11.8 Å². The summed E-state index contributed by atoms with van der Waals surface area (Å²) in [6.07, 6.45) is 0.858. The zero-order chi connectivity index (χ0) is 21.9. The van der Waals surface area contributed by atoms with E-state index in [9.17, 15) is 9.59 Å². The summed E-state index contributed by atoms with van der Waals surface area (Å²) in [5, 5.41) is 2.90. The van der Waals surface area contributed by atoms with Crippen LogP contribution in [0.3, 0.4) is 0 Å². The highest BCUT2D eigenvalue weighted by molar-refractivity contribution is 7.99. The van der Waals surface area contributed by atoms with E-state index in [1.54, 1.807) is 30.7 Å². The largest absolute Gasteiger partial charge is 0.497 e. The van der Waals surface area contributed by atoms with Crippen molar-refractivity contribution in [2.45, 2.75) is 45.5 Å². The zero-order valence-electron chi connectivity index (χ0n) is 18.3. The van der Waals surface area contributed by atoms with E-state index in [4.69, 9.17) is 4.74 Å². The molecule has 2 amide bonds. The first-order valence-corrected chi connectivity index (χ1v) is 11.4. The molecule has 0 aliphatic rings. The van der Waals surface area contributed by atoms with Gasteiger partial charge in [-0.25, -0.2) is 0 Å². The molecule has 0 bridgehead atoms. The molecule has 2 aromatic carbocycles. The van der Waals surface area contributed by atoms with Gasteiger partial charge in [0.2, 0.25) is 11.8 Å². The molecule has 0 aromatic heterocycles. The summed E-state index contributed by atoms with van der Waals surface area (Å²) < 4.78 is 5.21. The topological polar surface area (TPSA) is 58.6 Å². The molecule has 0 aliphatic carbocycles. The number of rotatable bonds is 11. The number of hydrogen-bond acceptors (Lipinski definition) is 4. The van der Waals surface area contributed by atoms with Crippen molar-refractivity contribution in [3.8, 4) is 5.75 Å². The molecule has 6 heteroatoms. The van der Waals surface area contributed by atoms with E-state index in [-0.39, 0.29) is 11.8 Å². The summed E-state index contributed by atoms with van der Waals surface area (Å²) in [4.78, 5) is 27.3. The molecule has 1 N–H and O–H groups in total. The highest BCUT2D eigenvalue weighted by atomic mass is 32.2. The molecule has 2 aromatic rings. The maximum atomic E-state index is 13.0. The van der Waals surface area contributed by atoms with Crippen molar-refractivity contribution < 1.29 is 14.3 Å². The summed E-state index contributed by atoms with van der Waals surface area (Å²) in [6.45, 7) is 6.85. The van der Waals surface area contributed by atoms with Crippen molar-refractivity contribution in [3.63, 3.8) is 0 Å². The zero-order valence-corrected chi connectivity index (χ0v) is 19.1. The number of methoxy groups -OCH3 is 1. The number of hydrogen-bond donors (Lipinski definition) is 1. The van der Waals surface area contributed by atoms with Gasteiger partial charge in [0.15, 0.2) is 0 Å². The molecule has 0 saturated heterocycles. The normalized spacial score (nSPS) is 11.6. The van der Waals surface area contributed by atoms with Gasteiger partial charge in [0.25, 0.3) is 0 Å². The fraction of sp³-hybridized carbons (Fsp3) is 0.417. The lowest BCUT2D eigenvalue weighted by atomic mass is 10.1. The first kappa shape index (κ1) is 23.8. The summed E-state index contributed by atoms with van der Waals surface area (Å²) in [5.41, 5.74) is 3.37. The Morgan fingerprint density at radius 2 is 1.87 bits per heavy atom. The number of ether oxygens (including phenoxy) is 1. The van der Waals surface area contributed by atoms with E-state index in [0.29, 0.717) is 18.8 Å². The first-order valence-electron chi connectivity index (χ1n) is 10.3. The van der Waals surface area contributed by atoms with Crippen molar-refractivity contribution in [3.05, 3.63) is 65.2 Å². The Labute approximate surface area is 184 Å². The molecule has 0 aliphatic heterocycles. The summed E-state index contributed by atoms with van der Waals surface area (Å²) in [7, 11) is 1.62. The van der Waals surface area contributed by atoms with Gasteiger partial charge in [-0.3, -0.25) is 9.59 Å². The van der Waals surface area contributed by atoms with E-state index >= 15 is 0 Å². The second-order valence-electron chi connectivity index (χ2n) is 7.32. The second kappa shape index (κ2) is 12.3. The molecule has 0 unspecified atom stereocenters. The number of amides is 2. The van der Waals surface area contributed by atoms with Gasteiger partial charge in [0.1, 0.15) is 11.8 Å². The first-order chi connectivity index (χ1) is 14.4. The third kappa shape index (κ3) is 7.41. The van der Waals surface area contributed by atoms with Crippen LogP contribution in [0.25, 0.3) is 0 Å². The Morgan fingerprint density at radius 3 is 2.50 bits per heavy atom. The van der Waals surface area contributed by atoms with Gasteiger partial charge in [-0.05, 0) is 43.5 Å². The molecule has 0 spiro atoms. The fourth-order valence-corrected chi connectivity index (χ4v) is 3.90. The number of nitrogens with zero attached hydrogens (tertiary/aromatic N) is 1. The van der Waals surface area contributed by atoms with Gasteiger partial charge >= 0.3 is 0 Å². The van der Waals surface area contributed by atoms with Gasteiger partial charge in [0, 0.05) is 18.8 Å². The molecular formula is C24H32N2O3S. The SMILES string of the molecule is CCCNC(=O)[C@@H](C)N(Cc1ccc(OC)cc1)C(=O)CSCc1cccc(C)c1. The molecule has 2 rings (SSSR count). The van der Waals surface area contributed by atoms with Gasteiger partial charge in [-0.1, -0.05) is 48.9 Å². The number of carbonyl (C=O) groups is 2. The summed E-state index contributed by atoms with van der Waals surface area (Å²) >= 11 is 1.57. The highest BCUT2D eigenvalue weighted by Gasteiger charge is 2.25. The number of carbonyl (C=O) groups excluding carboxylic acids is 2. The van der Waals surface area contributed by atoms with Crippen LogP contribution in [0.2, 0.25) is 0 Å². The van der Waals surface area contributed by atoms with Crippen LogP contribution in [0.5, 0.6) is 5.75 Å². The highest BCUT2D eigenvalue weighted by Crippen LogP contribution is 2.18. The predicted molar refractivity (Wildman–Crippen MR) is 124 cm³/mol. The Kier molecular flexibility index (Phi) is 9.74. The third-order valence-electron chi connectivity index (χ3n) is 4.81. The fourth-order valence-electron chi connectivity index (χ4n) is 3.05. The molecule has 30 heavy (non-hydrogen) atoms. The maximum Gasteiger partial charge on any atom is 0.242 e. The van der Waals surface area contributed by atoms with Crippen LogP contribution in [0.15, 0.2) is 48.5 Å². The monoisotopic (exact) mass is 428 g/mol. The Bertz CT molecular complexity index is 823. The van der Waals surface area contributed by atoms with E-state index in [2.05, 4.69) is 30.4 Å². The Hall–Kier alpha value is -2.47. The number of nitrogens with one attached hydrogen (secondary N) is 1. The van der Waals surface area contributed by atoms with Gasteiger partial charge < -0.3 is 15.0 Å². The Morgan fingerprint density at radius 1 is 1.13 bits per heavy atom. The van der Waals surface area contributed by atoms with Crippen molar-refractivity contribution in [2.24, 2.45) is 0 Å². The van der Waals surface area contributed by atoms with E-state index in [0.717, 1.165) is 23.5 Å². The molecule has 0 saturated carbocycles. The maximum absolute atomic E-state index is 13.0. The summed E-state index contributed by atoms with van der Waals surface area (Å²) in [5.74, 6) is 1.69. The molecule has 0 heterocycles. The average molecular weight is 429 g/mol. The smallest absolute Gasteiger partial charge is 0.242 e. The van der Waals surface area contributed by atoms with Crippen LogP contribution in [0, 0.1) is 6.92 Å². The van der Waals surface area contributed by atoms with Crippen LogP contribution in [0.1, 0.15) is 37.0 Å². The van der Waals surface area contributed by atoms with Crippen molar-refractivity contribution in [1.29, 1.82) is 0 Å². The van der Waals surface area contributed by atoms with Crippen molar-refractivity contribution >= 4 is 23.6 Å². The minimum atomic E-state index is -0.536. The summed E-state index contributed by atoms with van der Waals surface area (Å²) in [6, 6.07) is 15.3. The van der Waals surface area contributed by atoms with E-state index in [1.165, 1.54) is 11.1 Å². The van der Waals surface area contributed by atoms with Crippen molar-refractivity contribution in [1.82, 2.24) is 10.2 Å². The van der Waals surface area contributed by atoms with Crippen LogP contribution in [-0.4, -0.2) is 42.2 Å². The third-order valence-corrected chi connectivity index (χ3v) is 5.79.